The summed E-state index contributed by atoms with van der Waals surface area (Å²) < 4.78 is 0. The van der Waals surface area contributed by atoms with Gasteiger partial charge >= 0.3 is 0 Å². The number of unbranched alkanes of at least 4 members (excludes halogenated alkanes) is 7. The molecule has 94 valence electrons. The van der Waals surface area contributed by atoms with Gasteiger partial charge in [0.25, 0.3) is 0 Å². The van der Waals surface area contributed by atoms with Crippen LogP contribution >= 0.6 is 0 Å². The summed E-state index contributed by atoms with van der Waals surface area (Å²) >= 11 is 0. The Morgan fingerprint density at radius 2 is 1.56 bits per heavy atom. The van der Waals surface area contributed by atoms with E-state index in [0.717, 1.165) is 11.8 Å². The minimum atomic E-state index is 1.02. The van der Waals surface area contributed by atoms with E-state index >= 15 is 0 Å². The molecule has 0 heterocycles. The van der Waals surface area contributed by atoms with Gasteiger partial charge in [-0.25, -0.2) is 0 Å². The summed E-state index contributed by atoms with van der Waals surface area (Å²) in [6, 6.07) is 0. The molecule has 1 aliphatic carbocycles. The molecule has 0 aromatic rings. The highest BCUT2D eigenvalue weighted by molar-refractivity contribution is 4.90. The van der Waals surface area contributed by atoms with Crippen LogP contribution in [0.4, 0.5) is 0 Å². The Labute approximate surface area is 103 Å². The normalized spacial score (nSPS) is 23.3. The molecule has 0 radical (unpaired) electrons. The third-order valence-corrected chi connectivity index (χ3v) is 3.97. The molecule has 1 fully saturated rings. The molecule has 0 bridgehead atoms. The molecule has 0 N–H and O–H groups in total. The van der Waals surface area contributed by atoms with Gasteiger partial charge in [-0.2, -0.15) is 0 Å². The van der Waals surface area contributed by atoms with Crippen molar-refractivity contribution in [3.05, 3.63) is 12.7 Å². The van der Waals surface area contributed by atoms with Crippen molar-refractivity contribution in [1.29, 1.82) is 0 Å². The van der Waals surface area contributed by atoms with Gasteiger partial charge < -0.3 is 0 Å². The maximum Gasteiger partial charge on any atom is -0.0322 e. The monoisotopic (exact) mass is 222 g/mol. The average Bonchev–Trinajstić information content (AvgIpc) is 3.01. The topological polar surface area (TPSA) is 0 Å². The minimum Gasteiger partial charge on any atom is -0.103 e. The van der Waals surface area contributed by atoms with Gasteiger partial charge in [-0.1, -0.05) is 70.8 Å². The second-order valence-electron chi connectivity index (χ2n) is 5.54. The highest BCUT2D eigenvalue weighted by atomic mass is 14.4. The Bertz CT molecular complexity index is 171. The van der Waals surface area contributed by atoms with E-state index in [-0.39, 0.29) is 0 Å². The predicted octanol–water partition coefficient (Wildman–Crippen LogP) is 5.73. The Hall–Kier alpha value is -0.260. The van der Waals surface area contributed by atoms with Crippen molar-refractivity contribution < 1.29 is 0 Å². The first kappa shape index (κ1) is 13.8. The highest BCUT2D eigenvalue weighted by Crippen LogP contribution is 2.44. The fourth-order valence-corrected chi connectivity index (χ4v) is 2.71. The van der Waals surface area contributed by atoms with Crippen LogP contribution in [-0.2, 0) is 0 Å². The Morgan fingerprint density at radius 3 is 2.19 bits per heavy atom. The van der Waals surface area contributed by atoms with Crippen LogP contribution in [0.15, 0.2) is 12.7 Å². The summed E-state index contributed by atoms with van der Waals surface area (Å²) in [6.07, 6.45) is 18.0. The van der Waals surface area contributed by atoms with E-state index in [1.807, 2.05) is 0 Å². The molecule has 0 aromatic heterocycles. The van der Waals surface area contributed by atoms with E-state index in [1.54, 1.807) is 0 Å². The first-order valence-corrected chi connectivity index (χ1v) is 7.49. The summed E-state index contributed by atoms with van der Waals surface area (Å²) in [5, 5.41) is 0. The quantitative estimate of drug-likeness (QED) is 0.309. The first-order valence-electron chi connectivity index (χ1n) is 7.49. The molecule has 2 atom stereocenters. The second-order valence-corrected chi connectivity index (χ2v) is 5.54. The zero-order valence-electron chi connectivity index (χ0n) is 11.2. The Kier molecular flexibility index (Phi) is 7.63. The molecule has 0 amide bonds. The van der Waals surface area contributed by atoms with E-state index < -0.39 is 0 Å². The average molecular weight is 222 g/mol. The van der Waals surface area contributed by atoms with Gasteiger partial charge in [0.2, 0.25) is 0 Å². The third kappa shape index (κ3) is 6.35. The molecular formula is C16H30. The van der Waals surface area contributed by atoms with Crippen LogP contribution in [-0.4, -0.2) is 0 Å². The molecule has 1 saturated carbocycles. The molecule has 0 saturated heterocycles. The van der Waals surface area contributed by atoms with Gasteiger partial charge in [-0.3, -0.25) is 0 Å². The third-order valence-electron chi connectivity index (χ3n) is 3.97. The number of hydrogen-bond acceptors (Lipinski definition) is 0. The van der Waals surface area contributed by atoms with Crippen LogP contribution in [0.2, 0.25) is 0 Å². The van der Waals surface area contributed by atoms with Crippen LogP contribution in [0.25, 0.3) is 0 Å². The summed E-state index contributed by atoms with van der Waals surface area (Å²) in [5.74, 6) is 2.08. The first-order chi connectivity index (χ1) is 7.88. The minimum absolute atomic E-state index is 1.02. The fraction of sp³-hybridized carbons (Fsp3) is 0.875. The van der Waals surface area contributed by atoms with E-state index in [0.29, 0.717) is 0 Å². The molecular weight excluding hydrogens is 192 g/mol. The van der Waals surface area contributed by atoms with Crippen molar-refractivity contribution in [2.45, 2.75) is 77.6 Å². The number of hydrogen-bond donors (Lipinski definition) is 0. The zero-order chi connectivity index (χ0) is 11.6. The van der Waals surface area contributed by atoms with Gasteiger partial charge in [-0.05, 0) is 24.7 Å². The second kappa shape index (κ2) is 8.84. The number of allylic oxidation sites excluding steroid dienone is 1. The largest absolute Gasteiger partial charge is 0.103 e. The predicted molar refractivity (Wildman–Crippen MR) is 73.6 cm³/mol. The Balaban J connectivity index is 1.74. The smallest absolute Gasteiger partial charge is 0.0322 e. The zero-order valence-corrected chi connectivity index (χ0v) is 11.2. The van der Waals surface area contributed by atoms with Crippen LogP contribution in [0.5, 0.6) is 0 Å². The molecule has 0 spiro atoms. The molecule has 16 heavy (non-hydrogen) atoms. The summed E-state index contributed by atoms with van der Waals surface area (Å²) in [6.45, 7) is 6.11. The summed E-state index contributed by atoms with van der Waals surface area (Å²) in [7, 11) is 0. The highest BCUT2D eigenvalue weighted by Gasteiger charge is 2.34. The van der Waals surface area contributed by atoms with Crippen molar-refractivity contribution in [3.8, 4) is 0 Å². The van der Waals surface area contributed by atoms with Crippen molar-refractivity contribution in [2.24, 2.45) is 11.8 Å². The van der Waals surface area contributed by atoms with Crippen LogP contribution in [0, 0.1) is 11.8 Å². The summed E-state index contributed by atoms with van der Waals surface area (Å²) in [5.41, 5.74) is 0. The number of rotatable bonds is 11. The SMILES string of the molecule is C=CC[C@@H]1C[C@@H]1CCCCCCCCCC. The fourth-order valence-electron chi connectivity index (χ4n) is 2.71. The van der Waals surface area contributed by atoms with E-state index in [1.165, 1.54) is 70.6 Å². The lowest BCUT2D eigenvalue weighted by Crippen LogP contribution is -1.84. The van der Waals surface area contributed by atoms with Crippen LogP contribution in [0.1, 0.15) is 77.6 Å². The molecule has 0 aliphatic heterocycles. The van der Waals surface area contributed by atoms with E-state index in [9.17, 15) is 0 Å². The van der Waals surface area contributed by atoms with Gasteiger partial charge in [0.1, 0.15) is 0 Å². The molecule has 1 rings (SSSR count). The maximum absolute atomic E-state index is 3.82. The van der Waals surface area contributed by atoms with Crippen molar-refractivity contribution in [1.82, 2.24) is 0 Å². The molecule has 0 aromatic carbocycles. The van der Waals surface area contributed by atoms with Crippen LogP contribution in [0.3, 0.4) is 0 Å². The molecule has 0 nitrogen and oxygen atoms in total. The molecule has 0 heteroatoms. The van der Waals surface area contributed by atoms with Gasteiger partial charge in [-0.15, -0.1) is 6.58 Å². The van der Waals surface area contributed by atoms with Crippen molar-refractivity contribution >= 4 is 0 Å². The lowest BCUT2D eigenvalue weighted by molar-refractivity contribution is 0.538. The Morgan fingerprint density at radius 1 is 0.938 bits per heavy atom. The standard InChI is InChI=1S/C16H30/c1-3-5-6-7-8-9-10-11-13-16-14-15(16)12-4-2/h4,15-16H,2-3,5-14H2,1H3/t15-,16+/m1/s1. The van der Waals surface area contributed by atoms with Gasteiger partial charge in [0.05, 0.1) is 0 Å². The van der Waals surface area contributed by atoms with Crippen LogP contribution < -0.4 is 0 Å². The van der Waals surface area contributed by atoms with Crippen molar-refractivity contribution in [3.63, 3.8) is 0 Å². The lowest BCUT2D eigenvalue weighted by atomic mass is 10.1. The van der Waals surface area contributed by atoms with Gasteiger partial charge in [0.15, 0.2) is 0 Å². The van der Waals surface area contributed by atoms with E-state index in [4.69, 9.17) is 0 Å². The van der Waals surface area contributed by atoms with Gasteiger partial charge in [0, 0.05) is 0 Å². The maximum atomic E-state index is 3.82. The van der Waals surface area contributed by atoms with E-state index in [2.05, 4.69) is 19.6 Å². The molecule has 0 unspecified atom stereocenters. The van der Waals surface area contributed by atoms with Crippen molar-refractivity contribution in [2.75, 3.05) is 0 Å². The summed E-state index contributed by atoms with van der Waals surface area (Å²) in [4.78, 5) is 0. The molecule has 1 aliphatic rings. The lowest BCUT2D eigenvalue weighted by Gasteiger charge is -2.01.